The third kappa shape index (κ3) is 4.71. The average Bonchev–Trinajstić information content (AvgIpc) is 3.25. The number of hydrogen-bond acceptors (Lipinski definition) is 6. The lowest BCUT2D eigenvalue weighted by Gasteiger charge is -2.26. The Labute approximate surface area is 201 Å². The van der Waals surface area contributed by atoms with Crippen molar-refractivity contribution in [2.75, 3.05) is 26.3 Å². The van der Waals surface area contributed by atoms with Crippen LogP contribution in [0.3, 0.4) is 0 Å². The number of aliphatic carboxylic acids is 1. The van der Waals surface area contributed by atoms with Crippen LogP contribution in [-0.4, -0.2) is 69.2 Å². The molecule has 1 aromatic carbocycles. The number of fused-ring (bicyclic) bond motifs is 1. The SMILES string of the molecule is O=C(c1ccc(-c2nc3[nH]c(O[C@H]4CC[C@H](C(=O)O)CC4)nc3cc2Cl)cc1)N1CCOCC1. The van der Waals surface area contributed by atoms with Crippen LogP contribution in [0.1, 0.15) is 36.0 Å². The molecule has 178 valence electrons. The van der Waals surface area contributed by atoms with Crippen LogP contribution in [-0.2, 0) is 9.53 Å². The second kappa shape index (κ2) is 9.60. The van der Waals surface area contributed by atoms with E-state index in [-0.39, 0.29) is 17.9 Å². The molecule has 2 aliphatic rings. The Morgan fingerprint density at radius 3 is 2.47 bits per heavy atom. The summed E-state index contributed by atoms with van der Waals surface area (Å²) in [5, 5.41) is 9.60. The van der Waals surface area contributed by atoms with Gasteiger partial charge in [-0.3, -0.25) is 14.6 Å². The Bertz CT molecular complexity index is 1200. The van der Waals surface area contributed by atoms with Crippen molar-refractivity contribution in [3.63, 3.8) is 0 Å². The summed E-state index contributed by atoms with van der Waals surface area (Å²) in [6.07, 6.45) is 2.45. The molecule has 3 heterocycles. The fourth-order valence-corrected chi connectivity index (χ4v) is 4.71. The number of hydrogen-bond donors (Lipinski definition) is 2. The molecule has 0 atom stereocenters. The van der Waals surface area contributed by atoms with Gasteiger partial charge in [-0.05, 0) is 43.9 Å². The number of morpholine rings is 1. The van der Waals surface area contributed by atoms with Crippen molar-refractivity contribution >= 4 is 34.6 Å². The van der Waals surface area contributed by atoms with Gasteiger partial charge >= 0.3 is 5.97 Å². The molecule has 0 radical (unpaired) electrons. The Hall–Kier alpha value is -3.17. The zero-order valence-corrected chi connectivity index (χ0v) is 19.3. The van der Waals surface area contributed by atoms with Crippen LogP contribution in [0.15, 0.2) is 30.3 Å². The highest BCUT2D eigenvalue weighted by Crippen LogP contribution is 2.31. The first kappa shape index (κ1) is 22.6. The smallest absolute Gasteiger partial charge is 0.306 e. The molecule has 1 amide bonds. The Balaban J connectivity index is 1.31. The van der Waals surface area contributed by atoms with Crippen LogP contribution in [0.25, 0.3) is 22.4 Å². The quantitative estimate of drug-likeness (QED) is 0.565. The van der Waals surface area contributed by atoms with Gasteiger partial charge in [0.25, 0.3) is 11.9 Å². The van der Waals surface area contributed by atoms with E-state index in [2.05, 4.69) is 15.0 Å². The van der Waals surface area contributed by atoms with Gasteiger partial charge in [0.05, 0.1) is 29.8 Å². The van der Waals surface area contributed by atoms with Gasteiger partial charge in [0.2, 0.25) is 0 Å². The molecule has 1 aliphatic carbocycles. The van der Waals surface area contributed by atoms with E-state index in [1.54, 1.807) is 23.1 Å². The lowest BCUT2D eigenvalue weighted by molar-refractivity contribution is -0.143. The summed E-state index contributed by atoms with van der Waals surface area (Å²) in [5.41, 5.74) is 3.10. The van der Waals surface area contributed by atoms with Crippen LogP contribution >= 0.6 is 11.6 Å². The number of ether oxygens (including phenoxy) is 2. The number of carboxylic acid groups (broad SMARTS) is 1. The molecule has 2 N–H and O–H groups in total. The Kier molecular flexibility index (Phi) is 6.38. The Morgan fingerprint density at radius 2 is 1.79 bits per heavy atom. The first-order valence-electron chi connectivity index (χ1n) is 11.4. The van der Waals surface area contributed by atoms with Crippen molar-refractivity contribution in [2.45, 2.75) is 31.8 Å². The summed E-state index contributed by atoms with van der Waals surface area (Å²) in [6.45, 7) is 2.30. The number of pyridine rings is 1. The summed E-state index contributed by atoms with van der Waals surface area (Å²) in [5.74, 6) is -1.06. The number of aromatic nitrogens is 3. The predicted molar refractivity (Wildman–Crippen MR) is 125 cm³/mol. The summed E-state index contributed by atoms with van der Waals surface area (Å²) in [7, 11) is 0. The van der Waals surface area contributed by atoms with E-state index in [9.17, 15) is 9.59 Å². The van der Waals surface area contributed by atoms with Gasteiger partial charge in [0.15, 0.2) is 5.65 Å². The molecule has 3 aromatic rings. The minimum absolute atomic E-state index is 0.0166. The third-order valence-corrected chi connectivity index (χ3v) is 6.70. The number of aromatic amines is 1. The number of amides is 1. The number of nitrogens with one attached hydrogen (secondary N) is 1. The second-order valence-corrected chi connectivity index (χ2v) is 9.05. The first-order valence-corrected chi connectivity index (χ1v) is 11.8. The van der Waals surface area contributed by atoms with E-state index in [1.807, 2.05) is 12.1 Å². The van der Waals surface area contributed by atoms with Gasteiger partial charge in [-0.2, -0.15) is 4.98 Å². The monoisotopic (exact) mass is 484 g/mol. The fraction of sp³-hybridized carbons (Fsp3) is 0.417. The van der Waals surface area contributed by atoms with Crippen molar-refractivity contribution in [1.29, 1.82) is 0 Å². The second-order valence-electron chi connectivity index (χ2n) is 8.64. The number of nitrogens with zero attached hydrogens (tertiary/aromatic N) is 3. The van der Waals surface area contributed by atoms with Crippen molar-refractivity contribution in [3.05, 3.63) is 40.9 Å². The van der Waals surface area contributed by atoms with E-state index in [1.165, 1.54) is 0 Å². The average molecular weight is 485 g/mol. The number of carboxylic acids is 1. The van der Waals surface area contributed by atoms with Gasteiger partial charge < -0.3 is 19.5 Å². The van der Waals surface area contributed by atoms with Crippen molar-refractivity contribution < 1.29 is 24.2 Å². The van der Waals surface area contributed by atoms with E-state index >= 15 is 0 Å². The minimum Gasteiger partial charge on any atom is -0.481 e. The van der Waals surface area contributed by atoms with E-state index in [0.29, 0.717) is 85.4 Å². The topological polar surface area (TPSA) is 118 Å². The molecule has 5 rings (SSSR count). The van der Waals surface area contributed by atoms with Crippen LogP contribution in [0.2, 0.25) is 5.02 Å². The molecular weight excluding hydrogens is 460 g/mol. The fourth-order valence-electron chi connectivity index (χ4n) is 4.46. The summed E-state index contributed by atoms with van der Waals surface area (Å²) >= 11 is 6.51. The number of rotatable bonds is 5. The van der Waals surface area contributed by atoms with Crippen molar-refractivity contribution in [2.24, 2.45) is 5.92 Å². The molecule has 10 heteroatoms. The highest BCUT2D eigenvalue weighted by atomic mass is 35.5. The van der Waals surface area contributed by atoms with E-state index in [0.717, 1.165) is 5.56 Å². The molecule has 9 nitrogen and oxygen atoms in total. The van der Waals surface area contributed by atoms with Crippen LogP contribution in [0, 0.1) is 5.92 Å². The molecule has 1 aliphatic heterocycles. The summed E-state index contributed by atoms with van der Waals surface area (Å²) < 4.78 is 11.3. The van der Waals surface area contributed by atoms with Crippen LogP contribution in [0.5, 0.6) is 6.01 Å². The van der Waals surface area contributed by atoms with Crippen molar-refractivity contribution in [3.8, 4) is 17.3 Å². The third-order valence-electron chi connectivity index (χ3n) is 6.41. The highest BCUT2D eigenvalue weighted by molar-refractivity contribution is 6.33. The van der Waals surface area contributed by atoms with Crippen molar-refractivity contribution in [1.82, 2.24) is 19.9 Å². The molecule has 0 bridgehead atoms. The van der Waals surface area contributed by atoms with E-state index < -0.39 is 5.97 Å². The maximum absolute atomic E-state index is 12.7. The maximum Gasteiger partial charge on any atom is 0.306 e. The molecule has 2 aromatic heterocycles. The molecule has 1 saturated carbocycles. The number of imidazole rings is 1. The lowest BCUT2D eigenvalue weighted by Crippen LogP contribution is -2.40. The zero-order chi connectivity index (χ0) is 23.7. The molecule has 34 heavy (non-hydrogen) atoms. The normalized spacial score (nSPS) is 20.9. The lowest BCUT2D eigenvalue weighted by atomic mass is 9.87. The van der Waals surface area contributed by atoms with Gasteiger partial charge in [0, 0.05) is 24.2 Å². The summed E-state index contributed by atoms with van der Waals surface area (Å²) in [6, 6.07) is 9.32. The molecule has 2 fully saturated rings. The van der Waals surface area contributed by atoms with Gasteiger partial charge in [0.1, 0.15) is 11.6 Å². The van der Waals surface area contributed by atoms with E-state index in [4.69, 9.17) is 26.2 Å². The Morgan fingerprint density at radius 1 is 1.09 bits per heavy atom. The largest absolute Gasteiger partial charge is 0.481 e. The van der Waals surface area contributed by atoms with Crippen LogP contribution < -0.4 is 4.74 Å². The van der Waals surface area contributed by atoms with Crippen LogP contribution in [0.4, 0.5) is 0 Å². The summed E-state index contributed by atoms with van der Waals surface area (Å²) in [4.78, 5) is 37.8. The minimum atomic E-state index is -0.743. The predicted octanol–water partition coefficient (Wildman–Crippen LogP) is 3.77. The van der Waals surface area contributed by atoms with Gasteiger partial charge in [-0.25, -0.2) is 4.98 Å². The number of halogens is 1. The standard InChI is InChI=1S/C24H25ClN4O5/c25-18-13-19-21(28-24(26-19)34-17-7-5-16(6-8-17)23(31)32)27-20(18)14-1-3-15(4-2-14)22(30)29-9-11-33-12-10-29/h1-4,13,16-17H,5-12H2,(H,31,32)(H,26,27,28)/t16-,17-. The molecule has 0 spiro atoms. The number of carbonyl (C=O) groups excluding carboxylic acids is 1. The molecular formula is C24H25ClN4O5. The molecule has 1 saturated heterocycles. The number of H-pyrrole nitrogens is 1. The highest BCUT2D eigenvalue weighted by Gasteiger charge is 2.27. The van der Waals surface area contributed by atoms with Gasteiger partial charge in [-0.1, -0.05) is 23.7 Å². The van der Waals surface area contributed by atoms with Gasteiger partial charge in [-0.15, -0.1) is 0 Å². The maximum atomic E-state index is 12.7. The number of benzene rings is 1. The first-order chi connectivity index (χ1) is 16.5. The number of carbonyl (C=O) groups is 2. The molecule has 0 unspecified atom stereocenters. The zero-order valence-electron chi connectivity index (χ0n) is 18.5.